The van der Waals surface area contributed by atoms with Gasteiger partial charge in [0.05, 0.1) is 0 Å². The largest absolute Gasteiger partial charge is 0.489 e. The van der Waals surface area contributed by atoms with Gasteiger partial charge in [0.15, 0.2) is 0 Å². The second-order valence-corrected chi connectivity index (χ2v) is 11.7. The van der Waals surface area contributed by atoms with Gasteiger partial charge in [-0.15, -0.1) is 0 Å². The van der Waals surface area contributed by atoms with Crippen molar-refractivity contribution in [2.75, 3.05) is 0 Å². The molecule has 0 unspecified atom stereocenters. The highest BCUT2D eigenvalue weighted by molar-refractivity contribution is 9.10. The zero-order valence-electron chi connectivity index (χ0n) is 25.2. The third-order valence-electron chi connectivity index (χ3n) is 7.42. The summed E-state index contributed by atoms with van der Waals surface area (Å²) in [5.41, 5.74) is 11.3. The van der Waals surface area contributed by atoms with E-state index in [1.165, 1.54) is 59.8 Å². The topological polar surface area (TPSA) is 40.5 Å². The summed E-state index contributed by atoms with van der Waals surface area (Å²) in [6.45, 7) is 12.9. The van der Waals surface area contributed by atoms with E-state index in [1.54, 1.807) is 6.07 Å². The third-order valence-corrected chi connectivity index (χ3v) is 8.67. The summed E-state index contributed by atoms with van der Waals surface area (Å²) < 4.78 is 1.23. The highest BCUT2D eigenvalue weighted by atomic mass is 79.9. The van der Waals surface area contributed by atoms with Gasteiger partial charge < -0.3 is 10.0 Å². The maximum absolute atomic E-state index is 9.08. The van der Waals surface area contributed by atoms with Crippen molar-refractivity contribution in [3.8, 4) is 11.1 Å². The Bertz CT molecular complexity index is 1780. The Balaban J connectivity index is 0.000000154. The number of benzene rings is 6. The highest BCUT2D eigenvalue weighted by Crippen LogP contribution is 2.33. The van der Waals surface area contributed by atoms with E-state index >= 15 is 0 Å². The zero-order chi connectivity index (χ0) is 30.4. The lowest BCUT2D eigenvalue weighted by Gasteiger charge is -2.14. The number of halogens is 1. The van der Waals surface area contributed by atoms with Crippen LogP contribution in [0.4, 0.5) is 0 Å². The van der Waals surface area contributed by atoms with Crippen molar-refractivity contribution < 1.29 is 10.0 Å². The summed E-state index contributed by atoms with van der Waals surface area (Å²) >= 11 is 3.51. The minimum absolute atomic E-state index is 0.554. The standard InChI is InChI=1S/C19H18.C10H9BO2.C9H11Br/c1-13-11-14(2)19(15(3)12-13)18-10-6-8-16-7-4-5-9-17(16)18;12-11(13)10-7-3-5-8-4-1-2-6-9(8)10;1-6-4-7(2)9(10)8(3)5-6/h4-12H,1-3H3;1-7,12-13H;4-5H,1-3H3. The Kier molecular flexibility index (Phi) is 10.4. The Morgan fingerprint density at radius 1 is 0.500 bits per heavy atom. The monoisotopic (exact) mass is 616 g/mol. The normalized spacial score (nSPS) is 10.5. The van der Waals surface area contributed by atoms with Gasteiger partial charge in [-0.25, -0.2) is 0 Å². The summed E-state index contributed by atoms with van der Waals surface area (Å²) in [5.74, 6) is 0. The molecule has 0 atom stereocenters. The molecule has 0 aromatic heterocycles. The molecule has 212 valence electrons. The molecule has 0 aliphatic heterocycles. The van der Waals surface area contributed by atoms with Gasteiger partial charge in [-0.05, 0) is 102 Å². The zero-order valence-corrected chi connectivity index (χ0v) is 26.8. The maximum atomic E-state index is 9.08. The first kappa shape index (κ1) is 31.2. The molecule has 0 saturated carbocycles. The fourth-order valence-electron chi connectivity index (χ4n) is 5.69. The SMILES string of the molecule is Cc1cc(C)c(-c2cccc3ccccc23)c(C)c1.Cc1cc(C)c(Br)c(C)c1.OB(O)c1cccc2ccccc12. The molecule has 2 nitrogen and oxygen atoms in total. The van der Waals surface area contributed by atoms with Crippen molar-refractivity contribution in [1.82, 2.24) is 0 Å². The first-order valence-electron chi connectivity index (χ1n) is 14.2. The summed E-state index contributed by atoms with van der Waals surface area (Å²) in [5, 5.41) is 22.7. The number of hydrogen-bond donors (Lipinski definition) is 2. The van der Waals surface area contributed by atoms with Crippen LogP contribution in [0.1, 0.15) is 33.4 Å². The Labute approximate surface area is 259 Å². The Hall–Kier alpha value is -3.70. The second kappa shape index (κ2) is 14.0. The van der Waals surface area contributed by atoms with E-state index in [0.29, 0.717) is 5.46 Å². The summed E-state index contributed by atoms with van der Waals surface area (Å²) in [7, 11) is -1.40. The molecule has 6 aromatic carbocycles. The van der Waals surface area contributed by atoms with Crippen LogP contribution in [0.5, 0.6) is 0 Å². The highest BCUT2D eigenvalue weighted by Gasteiger charge is 2.13. The molecule has 0 saturated heterocycles. The van der Waals surface area contributed by atoms with E-state index in [-0.39, 0.29) is 0 Å². The molecular weight excluding hydrogens is 579 g/mol. The van der Waals surface area contributed by atoms with Crippen LogP contribution in [0, 0.1) is 41.5 Å². The van der Waals surface area contributed by atoms with Crippen molar-refractivity contribution in [3.05, 3.63) is 147 Å². The molecule has 0 amide bonds. The first-order chi connectivity index (χ1) is 20.1. The first-order valence-corrected chi connectivity index (χ1v) is 15.0. The fourth-order valence-corrected chi connectivity index (χ4v) is 5.92. The molecule has 2 N–H and O–H groups in total. The predicted octanol–water partition coefficient (Wildman–Crippen LogP) is 9.33. The Morgan fingerprint density at radius 2 is 0.929 bits per heavy atom. The minimum atomic E-state index is -1.40. The van der Waals surface area contributed by atoms with Gasteiger partial charge in [-0.1, -0.05) is 136 Å². The maximum Gasteiger partial charge on any atom is 0.489 e. The molecule has 6 rings (SSSR count). The third kappa shape index (κ3) is 7.38. The second-order valence-electron chi connectivity index (χ2n) is 11.0. The van der Waals surface area contributed by atoms with Crippen molar-refractivity contribution >= 4 is 50.1 Å². The van der Waals surface area contributed by atoms with E-state index in [1.807, 2.05) is 36.4 Å². The summed E-state index contributed by atoms with van der Waals surface area (Å²) in [6, 6.07) is 37.2. The van der Waals surface area contributed by atoms with Gasteiger partial charge >= 0.3 is 7.12 Å². The van der Waals surface area contributed by atoms with E-state index in [0.717, 1.165) is 10.8 Å². The molecule has 6 aromatic rings. The molecular formula is C38H38BBrO2. The molecule has 0 aliphatic carbocycles. The molecule has 0 aliphatic rings. The van der Waals surface area contributed by atoms with Crippen molar-refractivity contribution in [1.29, 1.82) is 0 Å². The van der Waals surface area contributed by atoms with Crippen LogP contribution in [0.15, 0.2) is 114 Å². The van der Waals surface area contributed by atoms with Crippen molar-refractivity contribution in [2.24, 2.45) is 0 Å². The molecule has 4 heteroatoms. The fraction of sp³-hybridized carbons (Fsp3) is 0.158. The van der Waals surface area contributed by atoms with Gasteiger partial charge in [-0.2, -0.15) is 0 Å². The van der Waals surface area contributed by atoms with Gasteiger partial charge in [0, 0.05) is 4.47 Å². The molecule has 0 bridgehead atoms. The van der Waals surface area contributed by atoms with Crippen molar-refractivity contribution in [2.45, 2.75) is 41.5 Å². The predicted molar refractivity (Wildman–Crippen MR) is 186 cm³/mol. The lowest BCUT2D eigenvalue weighted by molar-refractivity contribution is 0.426. The van der Waals surface area contributed by atoms with Gasteiger partial charge in [0.25, 0.3) is 0 Å². The van der Waals surface area contributed by atoms with Crippen LogP contribution >= 0.6 is 15.9 Å². The van der Waals surface area contributed by atoms with E-state index in [4.69, 9.17) is 10.0 Å². The van der Waals surface area contributed by atoms with Crippen LogP contribution in [0.25, 0.3) is 32.7 Å². The lowest BCUT2D eigenvalue weighted by atomic mass is 9.77. The smallest absolute Gasteiger partial charge is 0.423 e. The molecule has 0 fully saturated rings. The summed E-state index contributed by atoms with van der Waals surface area (Å²) in [4.78, 5) is 0. The minimum Gasteiger partial charge on any atom is -0.423 e. The molecule has 0 spiro atoms. The van der Waals surface area contributed by atoms with E-state index in [2.05, 4.69) is 124 Å². The van der Waals surface area contributed by atoms with Crippen molar-refractivity contribution in [3.63, 3.8) is 0 Å². The van der Waals surface area contributed by atoms with Gasteiger partial charge in [-0.3, -0.25) is 0 Å². The quantitative estimate of drug-likeness (QED) is 0.190. The average Bonchev–Trinajstić information content (AvgIpc) is 2.96. The van der Waals surface area contributed by atoms with E-state index < -0.39 is 7.12 Å². The van der Waals surface area contributed by atoms with E-state index in [9.17, 15) is 0 Å². The van der Waals surface area contributed by atoms with Crippen LogP contribution in [0.2, 0.25) is 0 Å². The summed E-state index contributed by atoms with van der Waals surface area (Å²) in [6.07, 6.45) is 0. The molecule has 0 heterocycles. The Morgan fingerprint density at radius 3 is 1.48 bits per heavy atom. The van der Waals surface area contributed by atoms with Crippen LogP contribution in [-0.2, 0) is 0 Å². The number of hydrogen-bond acceptors (Lipinski definition) is 2. The average molecular weight is 617 g/mol. The van der Waals surface area contributed by atoms with Gasteiger partial charge in [0.1, 0.15) is 0 Å². The number of rotatable bonds is 2. The number of aryl methyl sites for hydroxylation is 6. The lowest BCUT2D eigenvalue weighted by Crippen LogP contribution is -2.30. The number of fused-ring (bicyclic) bond motifs is 2. The van der Waals surface area contributed by atoms with Gasteiger partial charge in [0.2, 0.25) is 0 Å². The van der Waals surface area contributed by atoms with Crippen LogP contribution < -0.4 is 5.46 Å². The van der Waals surface area contributed by atoms with Crippen LogP contribution in [-0.4, -0.2) is 17.2 Å². The molecule has 42 heavy (non-hydrogen) atoms. The van der Waals surface area contributed by atoms with Crippen LogP contribution in [0.3, 0.4) is 0 Å². The molecule has 0 radical (unpaired) electrons.